The molecule has 92 valence electrons. The number of nitro groups is 1. The lowest BCUT2D eigenvalue weighted by Crippen LogP contribution is -2.24. The van der Waals surface area contributed by atoms with E-state index in [0.29, 0.717) is 5.56 Å². The fourth-order valence-corrected chi connectivity index (χ4v) is 1.16. The molecule has 0 saturated carbocycles. The maximum atomic E-state index is 13.0. The molecule has 0 unspecified atom stereocenters. The summed E-state index contributed by atoms with van der Waals surface area (Å²) in [5.41, 5.74) is 0.524. The number of nitrogens with zero attached hydrogens (tertiary/aromatic N) is 2. The van der Waals surface area contributed by atoms with E-state index in [9.17, 15) is 14.5 Å². The van der Waals surface area contributed by atoms with Crippen LogP contribution in [0.5, 0.6) is 0 Å². The minimum Gasteiger partial charge on any atom is -0.370 e. The van der Waals surface area contributed by atoms with Crippen molar-refractivity contribution in [3.05, 3.63) is 50.9 Å². The van der Waals surface area contributed by atoms with Crippen LogP contribution >= 0.6 is 11.6 Å². The highest BCUT2D eigenvalue weighted by molar-refractivity contribution is 6.29. The van der Waals surface area contributed by atoms with Crippen molar-refractivity contribution in [2.24, 2.45) is 0 Å². The second-order valence-electron chi connectivity index (χ2n) is 3.05. The van der Waals surface area contributed by atoms with Gasteiger partial charge in [-0.05, 0) is 11.6 Å². The second-order valence-corrected chi connectivity index (χ2v) is 3.41. The van der Waals surface area contributed by atoms with Gasteiger partial charge in [0.1, 0.15) is 0 Å². The van der Waals surface area contributed by atoms with Gasteiger partial charge in [0.25, 0.3) is 6.20 Å². The zero-order valence-corrected chi connectivity index (χ0v) is 9.66. The lowest BCUT2D eigenvalue weighted by atomic mass is 10.3. The van der Waals surface area contributed by atoms with Crippen LogP contribution in [-0.2, 0) is 6.54 Å². The number of nitrogens with one attached hydrogen (secondary N) is 2. The second kappa shape index (κ2) is 6.00. The van der Waals surface area contributed by atoms with Gasteiger partial charge in [0.2, 0.25) is 0 Å². The van der Waals surface area contributed by atoms with Crippen LogP contribution < -0.4 is 10.6 Å². The number of hydrogen-bond donors (Lipinski definition) is 2. The molecule has 0 fully saturated rings. The average Bonchev–Trinajstić information content (AvgIpc) is 2.28. The minimum absolute atomic E-state index is 0.196. The first-order valence-electron chi connectivity index (χ1n) is 4.59. The summed E-state index contributed by atoms with van der Waals surface area (Å²) >= 11 is 5.42. The van der Waals surface area contributed by atoms with Gasteiger partial charge in [-0.1, -0.05) is 11.6 Å². The van der Waals surface area contributed by atoms with Crippen molar-refractivity contribution in [2.75, 3.05) is 7.05 Å². The molecule has 0 aliphatic rings. The number of pyridine rings is 1. The van der Waals surface area contributed by atoms with Crippen molar-refractivity contribution in [1.82, 2.24) is 15.6 Å². The molecule has 1 aromatic heterocycles. The van der Waals surface area contributed by atoms with Crippen molar-refractivity contribution in [3.8, 4) is 0 Å². The molecule has 2 N–H and O–H groups in total. The lowest BCUT2D eigenvalue weighted by molar-refractivity contribution is -0.404. The molecule has 0 aliphatic carbocycles. The fourth-order valence-electron chi connectivity index (χ4n) is 1.06. The number of rotatable bonds is 5. The fraction of sp³-hybridized carbons (Fsp3) is 0.222. The van der Waals surface area contributed by atoms with Gasteiger partial charge in [-0.3, -0.25) is 10.1 Å². The third-order valence-electron chi connectivity index (χ3n) is 1.84. The summed E-state index contributed by atoms with van der Waals surface area (Å²) in [4.78, 5) is 13.3. The highest BCUT2D eigenvalue weighted by Gasteiger charge is 2.04. The minimum atomic E-state index is -0.629. The van der Waals surface area contributed by atoms with Crippen LogP contribution in [0.2, 0.25) is 5.15 Å². The summed E-state index contributed by atoms with van der Waals surface area (Å²) < 4.78 is 13.0. The van der Waals surface area contributed by atoms with E-state index in [1.165, 1.54) is 19.3 Å². The molecular formula is C9H10ClFN4O2. The van der Waals surface area contributed by atoms with Gasteiger partial charge in [-0.25, -0.2) is 9.37 Å². The number of halogens is 2. The van der Waals surface area contributed by atoms with Crippen LogP contribution in [0.1, 0.15) is 5.56 Å². The summed E-state index contributed by atoms with van der Waals surface area (Å²) in [6.07, 6.45) is 2.16. The van der Waals surface area contributed by atoms with E-state index in [1.807, 2.05) is 0 Å². The van der Waals surface area contributed by atoms with E-state index in [1.54, 1.807) is 0 Å². The summed E-state index contributed by atoms with van der Waals surface area (Å²) in [5, 5.41) is 15.4. The van der Waals surface area contributed by atoms with Gasteiger partial charge < -0.3 is 10.6 Å². The molecule has 0 aromatic carbocycles. The Morgan fingerprint density at radius 3 is 3.00 bits per heavy atom. The SMILES string of the molecule is CN/C(=C\[N+](=O)[O-])NCc1cnc(Cl)c(F)c1. The summed E-state index contributed by atoms with van der Waals surface area (Å²) in [7, 11) is 1.53. The van der Waals surface area contributed by atoms with Gasteiger partial charge in [0.05, 0.1) is 4.92 Å². The Bertz CT molecular complexity index is 453. The Hall–Kier alpha value is -1.89. The van der Waals surface area contributed by atoms with Gasteiger partial charge in [0.15, 0.2) is 16.8 Å². The van der Waals surface area contributed by atoms with E-state index in [0.717, 1.165) is 6.20 Å². The van der Waals surface area contributed by atoms with Gasteiger partial charge >= 0.3 is 0 Å². The molecule has 8 heteroatoms. The maximum absolute atomic E-state index is 13.0. The molecule has 1 aromatic rings. The zero-order chi connectivity index (χ0) is 12.8. The number of hydrogen-bond acceptors (Lipinski definition) is 5. The molecular weight excluding hydrogens is 251 g/mol. The van der Waals surface area contributed by atoms with Crippen LogP contribution in [-0.4, -0.2) is 17.0 Å². The van der Waals surface area contributed by atoms with Crippen LogP contribution in [0.15, 0.2) is 24.3 Å². The Kier molecular flexibility index (Phi) is 4.65. The molecule has 0 bridgehead atoms. The van der Waals surface area contributed by atoms with Gasteiger partial charge in [0, 0.05) is 19.8 Å². The largest absolute Gasteiger partial charge is 0.370 e. The summed E-state index contributed by atoms with van der Waals surface area (Å²) in [6.45, 7) is 0.196. The topological polar surface area (TPSA) is 80.1 Å². The number of aromatic nitrogens is 1. The van der Waals surface area contributed by atoms with Gasteiger partial charge in [-0.2, -0.15) is 0 Å². The molecule has 0 radical (unpaired) electrons. The first-order valence-corrected chi connectivity index (χ1v) is 4.97. The lowest BCUT2D eigenvalue weighted by Gasteiger charge is -2.07. The summed E-state index contributed by atoms with van der Waals surface area (Å²) in [5.74, 6) is -0.416. The molecule has 0 atom stereocenters. The molecule has 0 saturated heterocycles. The first kappa shape index (κ1) is 13.2. The van der Waals surface area contributed by atoms with Crippen LogP contribution in [0, 0.1) is 15.9 Å². The van der Waals surface area contributed by atoms with E-state index < -0.39 is 10.7 Å². The zero-order valence-electron chi connectivity index (χ0n) is 8.91. The molecule has 1 heterocycles. The molecule has 17 heavy (non-hydrogen) atoms. The third kappa shape index (κ3) is 4.23. The molecule has 0 spiro atoms. The predicted molar refractivity (Wildman–Crippen MR) is 60.2 cm³/mol. The predicted octanol–water partition coefficient (Wildman–Crippen LogP) is 1.26. The van der Waals surface area contributed by atoms with Crippen molar-refractivity contribution >= 4 is 11.6 Å². The Morgan fingerprint density at radius 2 is 2.47 bits per heavy atom. The highest BCUT2D eigenvalue weighted by atomic mass is 35.5. The molecule has 1 rings (SSSR count). The monoisotopic (exact) mass is 260 g/mol. The summed E-state index contributed by atoms with van der Waals surface area (Å²) in [6, 6.07) is 1.21. The van der Waals surface area contributed by atoms with E-state index in [4.69, 9.17) is 11.6 Å². The maximum Gasteiger partial charge on any atom is 0.274 e. The van der Waals surface area contributed by atoms with Crippen molar-refractivity contribution < 1.29 is 9.31 Å². The van der Waals surface area contributed by atoms with Crippen LogP contribution in [0.3, 0.4) is 0 Å². The molecule has 0 amide bonds. The van der Waals surface area contributed by atoms with Gasteiger partial charge in [-0.15, -0.1) is 0 Å². The van der Waals surface area contributed by atoms with Crippen molar-refractivity contribution in [2.45, 2.75) is 6.54 Å². The normalized spacial score (nSPS) is 11.1. The van der Waals surface area contributed by atoms with Crippen molar-refractivity contribution in [1.29, 1.82) is 0 Å². The smallest absolute Gasteiger partial charge is 0.274 e. The first-order chi connectivity index (χ1) is 8.02. The van der Waals surface area contributed by atoms with Crippen LogP contribution in [0.25, 0.3) is 0 Å². The third-order valence-corrected chi connectivity index (χ3v) is 2.12. The Morgan fingerprint density at radius 1 is 1.76 bits per heavy atom. The molecule has 0 aliphatic heterocycles. The molecule has 6 nitrogen and oxygen atoms in total. The highest BCUT2D eigenvalue weighted by Crippen LogP contribution is 2.11. The van der Waals surface area contributed by atoms with E-state index in [-0.39, 0.29) is 17.5 Å². The Labute approximate surface area is 102 Å². The van der Waals surface area contributed by atoms with Crippen LogP contribution in [0.4, 0.5) is 4.39 Å². The standard InChI is InChI=1S/C9H10ClFN4O2/c1-12-8(5-15(16)17)13-3-6-2-7(11)9(10)14-4-6/h2,4-5,12-13H,3H2,1H3/b8-5+. The quantitative estimate of drug-likeness (QED) is 0.473. The van der Waals surface area contributed by atoms with Crippen molar-refractivity contribution in [3.63, 3.8) is 0 Å². The average molecular weight is 261 g/mol. The Balaban J connectivity index is 2.66. The van der Waals surface area contributed by atoms with E-state index in [2.05, 4.69) is 15.6 Å². The van der Waals surface area contributed by atoms with E-state index >= 15 is 0 Å².